The monoisotopic (exact) mass is 358 g/mol. The van der Waals surface area contributed by atoms with Crippen molar-refractivity contribution in [3.8, 4) is 5.75 Å². The summed E-state index contributed by atoms with van der Waals surface area (Å²) in [6, 6.07) is 12.4. The maximum atomic E-state index is 5.43. The van der Waals surface area contributed by atoms with E-state index in [1.54, 1.807) is 7.11 Å². The van der Waals surface area contributed by atoms with Gasteiger partial charge in [-0.3, -0.25) is 0 Å². The number of rotatable bonds is 5. The average Bonchev–Trinajstić information content (AvgIpc) is 3.20. The number of nitrogens with one attached hydrogen (secondary N) is 1. The molecule has 2 aromatic rings. The smallest absolute Gasteiger partial charge is 0.194 e. The summed E-state index contributed by atoms with van der Waals surface area (Å²) in [5, 5.41) is 6.93. The third-order valence-electron chi connectivity index (χ3n) is 4.32. The van der Waals surface area contributed by atoms with Gasteiger partial charge in [-0.25, -0.2) is 4.99 Å². The van der Waals surface area contributed by atoms with E-state index in [0.717, 1.165) is 50.0 Å². The number of piperazine rings is 1. The van der Waals surface area contributed by atoms with Crippen LogP contribution in [0, 0.1) is 0 Å². The van der Waals surface area contributed by atoms with Gasteiger partial charge in [0.05, 0.1) is 18.7 Å². The molecule has 6 heteroatoms. The van der Waals surface area contributed by atoms with Crippen LogP contribution in [0.2, 0.25) is 0 Å². The predicted molar refractivity (Wildman–Crippen MR) is 106 cm³/mol. The molecule has 134 valence electrons. The number of benzene rings is 1. The van der Waals surface area contributed by atoms with E-state index in [1.165, 1.54) is 5.00 Å². The van der Waals surface area contributed by atoms with Crippen LogP contribution in [0.15, 0.2) is 46.8 Å². The number of hydrogen-bond donors (Lipinski definition) is 1. The molecule has 0 radical (unpaired) electrons. The number of para-hydroxylation sites is 1. The molecule has 0 atom stereocenters. The summed E-state index contributed by atoms with van der Waals surface area (Å²) in [7, 11) is 1.71. The van der Waals surface area contributed by atoms with Crippen molar-refractivity contribution in [1.29, 1.82) is 0 Å². The van der Waals surface area contributed by atoms with Crippen LogP contribution >= 0.6 is 11.3 Å². The zero-order chi connectivity index (χ0) is 17.5. The Morgan fingerprint density at radius 1 is 1.16 bits per heavy atom. The van der Waals surface area contributed by atoms with E-state index in [4.69, 9.17) is 9.73 Å². The first-order valence-electron chi connectivity index (χ1n) is 8.75. The van der Waals surface area contributed by atoms with E-state index in [9.17, 15) is 0 Å². The first-order valence-corrected chi connectivity index (χ1v) is 9.63. The van der Waals surface area contributed by atoms with E-state index in [2.05, 4.69) is 45.6 Å². The second-order valence-electron chi connectivity index (χ2n) is 5.91. The zero-order valence-corrected chi connectivity index (χ0v) is 15.8. The fourth-order valence-electron chi connectivity index (χ4n) is 3.01. The lowest BCUT2D eigenvalue weighted by molar-refractivity contribution is 0.373. The topological polar surface area (TPSA) is 40.1 Å². The van der Waals surface area contributed by atoms with E-state index >= 15 is 0 Å². The number of aliphatic imine (C=N–C) groups is 1. The van der Waals surface area contributed by atoms with Gasteiger partial charge in [-0.2, -0.15) is 0 Å². The molecule has 0 bridgehead atoms. The number of hydrogen-bond acceptors (Lipinski definition) is 4. The van der Waals surface area contributed by atoms with Crippen molar-refractivity contribution in [2.75, 3.05) is 44.7 Å². The van der Waals surface area contributed by atoms with E-state index in [1.807, 2.05) is 29.5 Å². The Morgan fingerprint density at radius 2 is 1.96 bits per heavy atom. The highest BCUT2D eigenvalue weighted by Crippen LogP contribution is 2.22. The average molecular weight is 359 g/mol. The summed E-state index contributed by atoms with van der Waals surface area (Å²) in [5.74, 6) is 1.88. The predicted octanol–water partition coefficient (Wildman–Crippen LogP) is 3.04. The highest BCUT2D eigenvalue weighted by Gasteiger charge is 2.20. The van der Waals surface area contributed by atoms with Crippen molar-refractivity contribution in [3.05, 3.63) is 47.3 Å². The molecule has 1 aliphatic heterocycles. The van der Waals surface area contributed by atoms with Crippen molar-refractivity contribution in [3.63, 3.8) is 0 Å². The van der Waals surface area contributed by atoms with Crippen LogP contribution in [0.4, 0.5) is 5.00 Å². The Kier molecular flexibility index (Phi) is 6.17. The molecule has 0 unspecified atom stereocenters. The summed E-state index contributed by atoms with van der Waals surface area (Å²) >= 11 is 1.81. The fourth-order valence-corrected chi connectivity index (χ4v) is 3.79. The lowest BCUT2D eigenvalue weighted by Crippen LogP contribution is -2.52. The standard InChI is InChI=1S/C19H26N4OS/c1-3-20-19(21-15-16-7-4-5-8-17(16)24-2)23-12-10-22(11-13-23)18-9-6-14-25-18/h4-9,14H,3,10-13,15H2,1-2H3,(H,20,21). The number of nitrogens with zero attached hydrogens (tertiary/aromatic N) is 3. The van der Waals surface area contributed by atoms with Gasteiger partial charge in [-0.1, -0.05) is 18.2 Å². The number of anilines is 1. The Morgan fingerprint density at radius 3 is 2.64 bits per heavy atom. The number of guanidine groups is 1. The fraction of sp³-hybridized carbons (Fsp3) is 0.421. The molecule has 1 aliphatic rings. The maximum absolute atomic E-state index is 5.43. The van der Waals surface area contributed by atoms with Crippen molar-refractivity contribution < 1.29 is 4.74 Å². The number of ether oxygens (including phenoxy) is 1. The van der Waals surface area contributed by atoms with E-state index < -0.39 is 0 Å². The molecule has 0 saturated carbocycles. The van der Waals surface area contributed by atoms with Gasteiger partial charge in [-0.15, -0.1) is 11.3 Å². The number of thiophene rings is 1. The first-order chi connectivity index (χ1) is 12.3. The van der Waals surface area contributed by atoms with Crippen molar-refractivity contribution >= 4 is 22.3 Å². The van der Waals surface area contributed by atoms with E-state index in [-0.39, 0.29) is 0 Å². The molecule has 5 nitrogen and oxygen atoms in total. The quantitative estimate of drug-likeness (QED) is 0.659. The molecule has 1 saturated heterocycles. The van der Waals surface area contributed by atoms with Crippen LogP contribution in [0.1, 0.15) is 12.5 Å². The van der Waals surface area contributed by atoms with Crippen LogP contribution < -0.4 is 15.0 Å². The summed E-state index contributed by atoms with van der Waals surface area (Å²) in [6.45, 7) is 7.62. The van der Waals surface area contributed by atoms with Crippen molar-refractivity contribution in [1.82, 2.24) is 10.2 Å². The highest BCUT2D eigenvalue weighted by atomic mass is 32.1. The minimum atomic E-state index is 0.623. The highest BCUT2D eigenvalue weighted by molar-refractivity contribution is 7.14. The summed E-state index contributed by atoms with van der Waals surface area (Å²) < 4.78 is 5.43. The zero-order valence-electron chi connectivity index (χ0n) is 14.9. The van der Waals surface area contributed by atoms with Crippen molar-refractivity contribution in [2.45, 2.75) is 13.5 Å². The van der Waals surface area contributed by atoms with Crippen LogP contribution in [0.25, 0.3) is 0 Å². The van der Waals surface area contributed by atoms with Crippen LogP contribution in [-0.4, -0.2) is 50.7 Å². The first kappa shape index (κ1) is 17.6. The van der Waals surface area contributed by atoms with Crippen LogP contribution in [-0.2, 0) is 6.54 Å². The number of methoxy groups -OCH3 is 1. The minimum Gasteiger partial charge on any atom is -0.496 e. The summed E-state index contributed by atoms with van der Waals surface area (Å²) in [6.07, 6.45) is 0. The molecule has 1 N–H and O–H groups in total. The molecule has 0 aliphatic carbocycles. The molecule has 25 heavy (non-hydrogen) atoms. The van der Waals surface area contributed by atoms with Gasteiger partial charge in [0.1, 0.15) is 5.75 Å². The van der Waals surface area contributed by atoms with Gasteiger partial charge in [0.2, 0.25) is 0 Å². The van der Waals surface area contributed by atoms with Gasteiger partial charge >= 0.3 is 0 Å². The molecule has 2 heterocycles. The Labute approximate surface area is 153 Å². The Hall–Kier alpha value is -2.21. The lowest BCUT2D eigenvalue weighted by atomic mass is 10.2. The van der Waals surface area contributed by atoms with Crippen molar-refractivity contribution in [2.24, 2.45) is 4.99 Å². The maximum Gasteiger partial charge on any atom is 0.194 e. The Bertz CT molecular complexity index is 678. The van der Waals surface area contributed by atoms with Gasteiger partial charge in [0, 0.05) is 38.3 Å². The summed E-state index contributed by atoms with van der Waals surface area (Å²) in [5.41, 5.74) is 1.11. The normalized spacial score (nSPS) is 15.4. The molecule has 1 fully saturated rings. The lowest BCUT2D eigenvalue weighted by Gasteiger charge is -2.37. The largest absolute Gasteiger partial charge is 0.496 e. The molecule has 0 spiro atoms. The second-order valence-corrected chi connectivity index (χ2v) is 6.83. The molecule has 1 aromatic carbocycles. The molecular weight excluding hydrogens is 332 g/mol. The second kappa shape index (κ2) is 8.76. The molecular formula is C19H26N4OS. The van der Waals surface area contributed by atoms with Crippen LogP contribution in [0.5, 0.6) is 5.75 Å². The minimum absolute atomic E-state index is 0.623. The molecule has 0 amide bonds. The molecule has 1 aromatic heterocycles. The van der Waals surface area contributed by atoms with Gasteiger partial charge in [0.15, 0.2) is 5.96 Å². The SMILES string of the molecule is CCNC(=NCc1ccccc1OC)N1CCN(c2cccs2)CC1. The summed E-state index contributed by atoms with van der Waals surface area (Å²) in [4.78, 5) is 9.64. The van der Waals surface area contributed by atoms with Gasteiger partial charge in [-0.05, 0) is 30.5 Å². The van der Waals surface area contributed by atoms with E-state index in [0.29, 0.717) is 6.54 Å². The third-order valence-corrected chi connectivity index (χ3v) is 5.25. The Balaban J connectivity index is 1.65. The van der Waals surface area contributed by atoms with Crippen LogP contribution in [0.3, 0.4) is 0 Å². The van der Waals surface area contributed by atoms with Gasteiger partial charge < -0.3 is 19.9 Å². The van der Waals surface area contributed by atoms with Gasteiger partial charge in [0.25, 0.3) is 0 Å². The third kappa shape index (κ3) is 4.45. The molecule has 3 rings (SSSR count).